The minimum atomic E-state index is -0.986. The van der Waals surface area contributed by atoms with E-state index < -0.39 is 18.2 Å². The highest BCUT2D eigenvalue weighted by Gasteiger charge is 2.39. The Hall–Kier alpha value is -2.08. The van der Waals surface area contributed by atoms with Gasteiger partial charge in [0.05, 0.1) is 13.0 Å². The summed E-state index contributed by atoms with van der Waals surface area (Å²) in [6.07, 6.45) is 3.97. The predicted molar refractivity (Wildman–Crippen MR) is 130 cm³/mol. The molecular weight excluding hydrogens is 461 g/mol. The second kappa shape index (κ2) is 10.9. The van der Waals surface area contributed by atoms with Gasteiger partial charge in [-0.25, -0.2) is 0 Å². The van der Waals surface area contributed by atoms with Crippen LogP contribution in [0.5, 0.6) is 0 Å². The van der Waals surface area contributed by atoms with Gasteiger partial charge in [-0.15, -0.1) is 0 Å². The fraction of sp³-hybridized carbons (Fsp3) is 0.462. The summed E-state index contributed by atoms with van der Waals surface area (Å²) in [6, 6.07) is 12.9. The van der Waals surface area contributed by atoms with Gasteiger partial charge in [0, 0.05) is 33.4 Å². The molecule has 33 heavy (non-hydrogen) atoms. The highest BCUT2D eigenvalue weighted by Crippen LogP contribution is 2.42. The van der Waals surface area contributed by atoms with Crippen LogP contribution in [0.2, 0.25) is 10.0 Å². The number of carbonyl (C=O) groups is 2. The molecule has 2 atom stereocenters. The lowest BCUT2D eigenvalue weighted by molar-refractivity contribution is -0.151. The maximum absolute atomic E-state index is 13.8. The molecule has 4 rings (SSSR count). The zero-order valence-corrected chi connectivity index (χ0v) is 20.3. The summed E-state index contributed by atoms with van der Waals surface area (Å²) < 4.78 is 11.5. The summed E-state index contributed by atoms with van der Waals surface area (Å²) in [6.45, 7) is 2.58. The van der Waals surface area contributed by atoms with Gasteiger partial charge in [0.1, 0.15) is 12.2 Å². The number of fused-ring (bicyclic) bond motifs is 1. The second-order valence-electron chi connectivity index (χ2n) is 8.69. The number of amides is 1. The van der Waals surface area contributed by atoms with Gasteiger partial charge in [-0.1, -0.05) is 60.7 Å². The number of nitrogens with zero attached hydrogens (tertiary/aromatic N) is 1. The van der Waals surface area contributed by atoms with Crippen LogP contribution in [-0.2, 0) is 19.1 Å². The molecule has 2 aromatic rings. The first-order valence-electron chi connectivity index (χ1n) is 11.6. The van der Waals surface area contributed by atoms with Crippen molar-refractivity contribution in [1.29, 1.82) is 0 Å². The van der Waals surface area contributed by atoms with E-state index in [1.807, 2.05) is 30.3 Å². The Kier molecular flexibility index (Phi) is 7.94. The van der Waals surface area contributed by atoms with E-state index in [0.29, 0.717) is 22.5 Å². The molecule has 1 aliphatic carbocycles. The van der Waals surface area contributed by atoms with Gasteiger partial charge < -0.3 is 14.4 Å². The van der Waals surface area contributed by atoms with Gasteiger partial charge in [0.15, 0.2) is 0 Å². The Morgan fingerprint density at radius 1 is 1.09 bits per heavy atom. The molecule has 0 N–H and O–H groups in total. The zero-order chi connectivity index (χ0) is 23.4. The summed E-state index contributed by atoms with van der Waals surface area (Å²) in [7, 11) is 0. The van der Waals surface area contributed by atoms with Gasteiger partial charge in [0.2, 0.25) is 0 Å². The summed E-state index contributed by atoms with van der Waals surface area (Å²) in [5.41, 5.74) is 2.25. The minimum Gasteiger partial charge on any atom is -0.466 e. The smallest absolute Gasteiger partial charge is 0.308 e. The molecule has 0 unspecified atom stereocenters. The van der Waals surface area contributed by atoms with E-state index in [4.69, 9.17) is 32.7 Å². The number of ether oxygens (including phenoxy) is 2. The van der Waals surface area contributed by atoms with Crippen molar-refractivity contribution < 1.29 is 19.1 Å². The normalized spacial score (nSPS) is 21.4. The maximum Gasteiger partial charge on any atom is 0.308 e. The monoisotopic (exact) mass is 489 g/mol. The highest BCUT2D eigenvalue weighted by molar-refractivity contribution is 6.31. The Balaban J connectivity index is 1.79. The van der Waals surface area contributed by atoms with Crippen LogP contribution in [0.25, 0.3) is 0 Å². The Morgan fingerprint density at radius 2 is 1.85 bits per heavy atom. The Labute approximate surface area is 205 Å². The number of hydrogen-bond donors (Lipinski definition) is 0. The fourth-order valence-corrected chi connectivity index (χ4v) is 5.24. The van der Waals surface area contributed by atoms with Crippen LogP contribution in [0.3, 0.4) is 0 Å². The van der Waals surface area contributed by atoms with Crippen LogP contribution in [0.1, 0.15) is 62.7 Å². The quantitative estimate of drug-likeness (QED) is 0.443. The van der Waals surface area contributed by atoms with E-state index in [1.54, 1.807) is 24.0 Å². The first-order valence-corrected chi connectivity index (χ1v) is 12.4. The maximum atomic E-state index is 13.8. The number of carbonyl (C=O) groups excluding carboxylic acids is 2. The number of hydrogen-bond acceptors (Lipinski definition) is 4. The third kappa shape index (κ3) is 5.53. The average Bonchev–Trinajstić information content (AvgIpc) is 2.91. The van der Waals surface area contributed by atoms with Crippen molar-refractivity contribution in [2.45, 2.75) is 57.7 Å². The van der Waals surface area contributed by atoms with Gasteiger partial charge in [-0.2, -0.15) is 0 Å². The van der Waals surface area contributed by atoms with Gasteiger partial charge in [-0.3, -0.25) is 9.59 Å². The third-order valence-corrected chi connectivity index (χ3v) is 6.99. The molecule has 1 saturated carbocycles. The van der Waals surface area contributed by atoms with Crippen molar-refractivity contribution in [2.75, 3.05) is 18.1 Å². The topological polar surface area (TPSA) is 55.8 Å². The molecule has 1 heterocycles. The second-order valence-corrected chi connectivity index (χ2v) is 9.54. The van der Waals surface area contributed by atoms with Crippen LogP contribution >= 0.6 is 23.2 Å². The number of rotatable bonds is 6. The molecule has 5 nitrogen and oxygen atoms in total. The van der Waals surface area contributed by atoms with Crippen LogP contribution in [0, 0.1) is 5.92 Å². The molecule has 0 aromatic heterocycles. The van der Waals surface area contributed by atoms with Crippen molar-refractivity contribution in [3.63, 3.8) is 0 Å². The molecule has 176 valence electrons. The molecule has 2 aromatic carbocycles. The van der Waals surface area contributed by atoms with Gasteiger partial charge in [0.25, 0.3) is 5.91 Å². The average molecular weight is 490 g/mol. The van der Waals surface area contributed by atoms with Crippen LogP contribution < -0.4 is 4.90 Å². The predicted octanol–water partition coefficient (Wildman–Crippen LogP) is 6.35. The summed E-state index contributed by atoms with van der Waals surface area (Å²) in [5.74, 6) is -0.284. The van der Waals surface area contributed by atoms with E-state index in [-0.39, 0.29) is 18.9 Å². The van der Waals surface area contributed by atoms with Crippen molar-refractivity contribution in [2.24, 2.45) is 5.92 Å². The van der Waals surface area contributed by atoms with E-state index in [2.05, 4.69) is 0 Å². The van der Waals surface area contributed by atoms with Crippen LogP contribution in [0.4, 0.5) is 5.69 Å². The van der Waals surface area contributed by atoms with Crippen LogP contribution in [-0.4, -0.2) is 31.1 Å². The largest absolute Gasteiger partial charge is 0.466 e. The number of esters is 1. The Morgan fingerprint density at radius 3 is 2.58 bits per heavy atom. The van der Waals surface area contributed by atoms with Crippen LogP contribution in [0.15, 0.2) is 42.5 Å². The van der Waals surface area contributed by atoms with E-state index in [0.717, 1.165) is 29.7 Å². The van der Waals surface area contributed by atoms with E-state index in [1.165, 1.54) is 19.3 Å². The molecule has 1 amide bonds. The molecule has 7 heteroatoms. The SMILES string of the molecule is CCOC(=O)C[C@H]1O[C@H](c2ccccc2Cl)c2cc(Cl)ccc2N(CC2CCCCC2)C1=O. The molecule has 0 saturated heterocycles. The molecule has 0 radical (unpaired) electrons. The summed E-state index contributed by atoms with van der Waals surface area (Å²) >= 11 is 12.9. The third-order valence-electron chi connectivity index (χ3n) is 6.42. The summed E-state index contributed by atoms with van der Waals surface area (Å²) in [4.78, 5) is 28.0. The Bertz CT molecular complexity index is 1010. The molecule has 0 bridgehead atoms. The summed E-state index contributed by atoms with van der Waals surface area (Å²) in [5, 5.41) is 1.07. The number of anilines is 1. The van der Waals surface area contributed by atoms with Crippen molar-refractivity contribution >= 4 is 40.8 Å². The highest BCUT2D eigenvalue weighted by atomic mass is 35.5. The van der Waals surface area contributed by atoms with Crippen molar-refractivity contribution in [3.8, 4) is 0 Å². The molecule has 2 aliphatic rings. The molecule has 1 fully saturated rings. The van der Waals surface area contributed by atoms with Crippen molar-refractivity contribution in [3.05, 3.63) is 63.6 Å². The van der Waals surface area contributed by atoms with E-state index >= 15 is 0 Å². The minimum absolute atomic E-state index is 0.156. The lowest BCUT2D eigenvalue weighted by Gasteiger charge is -2.31. The standard InChI is InChI=1S/C26H29Cl2NO4/c1-2-32-24(30)15-23-26(31)29(16-17-8-4-3-5-9-17)22-13-12-18(27)14-20(22)25(33-23)19-10-6-7-11-21(19)28/h6-7,10-14,17,23,25H,2-5,8-9,15-16H2,1H3/t23-,25-/m1/s1. The molecule has 1 aliphatic heterocycles. The number of benzene rings is 2. The molecular formula is C26H29Cl2NO4. The zero-order valence-electron chi connectivity index (χ0n) is 18.8. The van der Waals surface area contributed by atoms with E-state index in [9.17, 15) is 9.59 Å². The lowest BCUT2D eigenvalue weighted by atomic mass is 9.88. The first kappa shape index (κ1) is 24.1. The molecule has 0 spiro atoms. The lowest BCUT2D eigenvalue weighted by Crippen LogP contribution is -2.43. The fourth-order valence-electron chi connectivity index (χ4n) is 4.82. The van der Waals surface area contributed by atoms with Crippen molar-refractivity contribution in [1.82, 2.24) is 0 Å². The van der Waals surface area contributed by atoms with Gasteiger partial charge in [-0.05, 0) is 49.9 Å². The number of halogens is 2. The first-order chi connectivity index (χ1) is 16.0. The van der Waals surface area contributed by atoms with Gasteiger partial charge >= 0.3 is 5.97 Å².